The van der Waals surface area contributed by atoms with Crippen LogP contribution in [0.1, 0.15) is 11.1 Å². The summed E-state index contributed by atoms with van der Waals surface area (Å²) in [4.78, 5) is 3.95. The van der Waals surface area contributed by atoms with E-state index < -0.39 is 0 Å². The van der Waals surface area contributed by atoms with Crippen LogP contribution in [0.25, 0.3) is 0 Å². The normalized spacial score (nSPS) is 10.0. The molecule has 1 aromatic heterocycles. The van der Waals surface area contributed by atoms with Gasteiger partial charge < -0.3 is 15.5 Å². The Bertz CT molecular complexity index is 569. The Balaban J connectivity index is 2.11. The van der Waals surface area contributed by atoms with E-state index in [1.165, 1.54) is 6.21 Å². The number of methoxy groups -OCH3 is 1. The van der Waals surface area contributed by atoms with Gasteiger partial charge in [0, 0.05) is 30.7 Å². The highest BCUT2D eigenvalue weighted by Crippen LogP contribution is 2.24. The Hall–Kier alpha value is -2.07. The molecule has 0 spiro atoms. The summed E-state index contributed by atoms with van der Waals surface area (Å²) in [5, 5.41) is 11.1. The van der Waals surface area contributed by atoms with Gasteiger partial charge in [-0.2, -0.15) is 0 Å². The van der Waals surface area contributed by atoms with Crippen molar-refractivity contribution in [3.63, 3.8) is 0 Å². The van der Waals surface area contributed by atoms with Gasteiger partial charge in [0.25, 0.3) is 0 Å². The molecule has 98 valence electrons. The van der Waals surface area contributed by atoms with Crippen molar-refractivity contribution in [2.75, 3.05) is 12.4 Å². The van der Waals surface area contributed by atoms with Crippen molar-refractivity contribution < 1.29 is 4.74 Å². The van der Waals surface area contributed by atoms with Crippen LogP contribution in [0.5, 0.6) is 5.75 Å². The molecule has 1 aromatic carbocycles. The largest absolute Gasteiger partial charge is 0.497 e. The van der Waals surface area contributed by atoms with Crippen LogP contribution in [0, 0.1) is 5.41 Å². The van der Waals surface area contributed by atoms with E-state index in [0.717, 1.165) is 17.0 Å². The van der Waals surface area contributed by atoms with Crippen LogP contribution >= 0.6 is 11.6 Å². The highest BCUT2D eigenvalue weighted by Gasteiger charge is 2.05. The monoisotopic (exact) mass is 275 g/mol. The molecular formula is C14H14ClN3O. The second kappa shape index (κ2) is 6.20. The maximum Gasteiger partial charge on any atom is 0.118 e. The van der Waals surface area contributed by atoms with Crippen molar-refractivity contribution in [3.8, 4) is 5.75 Å². The third kappa shape index (κ3) is 3.23. The molecular weight excluding hydrogens is 262 g/mol. The minimum Gasteiger partial charge on any atom is -0.497 e. The smallest absolute Gasteiger partial charge is 0.118 e. The number of anilines is 1. The number of hydrogen-bond acceptors (Lipinski definition) is 4. The molecule has 2 N–H and O–H groups in total. The Labute approximate surface area is 116 Å². The van der Waals surface area contributed by atoms with Crippen molar-refractivity contribution in [1.29, 1.82) is 5.41 Å². The first-order valence-corrected chi connectivity index (χ1v) is 6.13. The van der Waals surface area contributed by atoms with Gasteiger partial charge in [0.05, 0.1) is 17.8 Å². The summed E-state index contributed by atoms with van der Waals surface area (Å²) < 4.78 is 5.11. The van der Waals surface area contributed by atoms with Crippen molar-refractivity contribution in [3.05, 3.63) is 52.8 Å². The number of benzene rings is 1. The zero-order valence-electron chi connectivity index (χ0n) is 10.5. The molecule has 19 heavy (non-hydrogen) atoms. The van der Waals surface area contributed by atoms with Crippen molar-refractivity contribution >= 4 is 23.5 Å². The Morgan fingerprint density at radius 2 is 2.05 bits per heavy atom. The molecule has 2 rings (SSSR count). The van der Waals surface area contributed by atoms with Crippen LogP contribution in [0.4, 0.5) is 5.69 Å². The molecule has 0 aliphatic rings. The maximum absolute atomic E-state index is 7.34. The molecule has 0 saturated heterocycles. The summed E-state index contributed by atoms with van der Waals surface area (Å²) in [6.07, 6.45) is 4.40. The summed E-state index contributed by atoms with van der Waals surface area (Å²) in [5.41, 5.74) is 2.49. The van der Waals surface area contributed by atoms with E-state index in [0.29, 0.717) is 17.1 Å². The first-order valence-electron chi connectivity index (χ1n) is 5.75. The molecule has 0 fully saturated rings. The van der Waals surface area contributed by atoms with Crippen LogP contribution in [0.2, 0.25) is 5.02 Å². The fourth-order valence-electron chi connectivity index (χ4n) is 1.68. The van der Waals surface area contributed by atoms with Crippen LogP contribution in [0.15, 0.2) is 36.7 Å². The van der Waals surface area contributed by atoms with Gasteiger partial charge in [-0.1, -0.05) is 23.7 Å². The van der Waals surface area contributed by atoms with Gasteiger partial charge in [0.15, 0.2) is 0 Å². The van der Waals surface area contributed by atoms with E-state index in [2.05, 4.69) is 10.3 Å². The van der Waals surface area contributed by atoms with Crippen LogP contribution in [-0.2, 0) is 6.54 Å². The maximum atomic E-state index is 7.34. The Kier molecular flexibility index (Phi) is 4.36. The highest BCUT2D eigenvalue weighted by atomic mass is 35.5. The van der Waals surface area contributed by atoms with Gasteiger partial charge >= 0.3 is 0 Å². The van der Waals surface area contributed by atoms with Crippen LogP contribution in [-0.4, -0.2) is 18.3 Å². The number of pyridine rings is 1. The van der Waals surface area contributed by atoms with E-state index in [1.54, 1.807) is 19.5 Å². The number of rotatable bonds is 5. The second-order valence-corrected chi connectivity index (χ2v) is 4.34. The Morgan fingerprint density at radius 3 is 2.68 bits per heavy atom. The zero-order chi connectivity index (χ0) is 13.7. The first-order chi connectivity index (χ1) is 9.24. The lowest BCUT2D eigenvalue weighted by molar-refractivity contribution is 0.414. The minimum absolute atomic E-state index is 0.509. The van der Waals surface area contributed by atoms with Gasteiger partial charge in [-0.15, -0.1) is 0 Å². The molecule has 0 amide bonds. The first kappa shape index (κ1) is 13.4. The molecule has 5 heteroatoms. The molecule has 0 aliphatic carbocycles. The summed E-state index contributed by atoms with van der Waals surface area (Å²) >= 11 is 6.07. The standard InChI is InChI=1S/C14H14ClN3O/c1-19-12-4-2-10(3-5-12)7-18-14-11(6-16)8-17-9-13(14)15/h2-6,8-9,16H,7H2,1H3,(H,17,18). The topological polar surface area (TPSA) is 58.0 Å². The lowest BCUT2D eigenvalue weighted by Gasteiger charge is -2.11. The van der Waals surface area contributed by atoms with Gasteiger partial charge in [0.1, 0.15) is 5.75 Å². The minimum atomic E-state index is 0.509. The Morgan fingerprint density at radius 1 is 1.32 bits per heavy atom. The second-order valence-electron chi connectivity index (χ2n) is 3.93. The third-order valence-corrected chi connectivity index (χ3v) is 3.00. The molecule has 0 bridgehead atoms. The highest BCUT2D eigenvalue weighted by molar-refractivity contribution is 6.33. The van der Waals surface area contributed by atoms with Crippen molar-refractivity contribution in [1.82, 2.24) is 4.98 Å². The lowest BCUT2D eigenvalue weighted by atomic mass is 10.2. The summed E-state index contributed by atoms with van der Waals surface area (Å²) in [7, 11) is 1.64. The van der Waals surface area contributed by atoms with E-state index in [1.807, 2.05) is 24.3 Å². The summed E-state index contributed by atoms with van der Waals surface area (Å²) in [6.45, 7) is 0.620. The predicted octanol–water partition coefficient (Wildman–Crippen LogP) is 3.35. The number of nitrogens with one attached hydrogen (secondary N) is 2. The molecule has 0 saturated carbocycles. The molecule has 0 unspecified atom stereocenters. The van der Waals surface area contributed by atoms with E-state index in [9.17, 15) is 0 Å². The van der Waals surface area contributed by atoms with E-state index in [4.69, 9.17) is 21.7 Å². The molecule has 1 heterocycles. The van der Waals surface area contributed by atoms with Crippen LogP contribution < -0.4 is 10.1 Å². The third-order valence-electron chi connectivity index (χ3n) is 2.71. The molecule has 0 radical (unpaired) electrons. The van der Waals surface area contributed by atoms with E-state index in [-0.39, 0.29) is 0 Å². The summed E-state index contributed by atoms with van der Waals surface area (Å²) in [5.74, 6) is 0.825. The fourth-order valence-corrected chi connectivity index (χ4v) is 1.91. The van der Waals surface area contributed by atoms with Gasteiger partial charge in [-0.3, -0.25) is 4.98 Å². The number of hydrogen-bond donors (Lipinski definition) is 2. The van der Waals surface area contributed by atoms with E-state index >= 15 is 0 Å². The molecule has 0 aliphatic heterocycles. The number of aromatic nitrogens is 1. The average Bonchev–Trinajstić information content (AvgIpc) is 2.46. The van der Waals surface area contributed by atoms with Crippen LogP contribution in [0.3, 0.4) is 0 Å². The quantitative estimate of drug-likeness (QED) is 0.823. The van der Waals surface area contributed by atoms with Gasteiger partial charge in [0.2, 0.25) is 0 Å². The lowest BCUT2D eigenvalue weighted by Crippen LogP contribution is -2.03. The fraction of sp³-hybridized carbons (Fsp3) is 0.143. The number of nitrogens with zero attached hydrogens (tertiary/aromatic N) is 1. The SMILES string of the molecule is COc1ccc(CNc2c(Cl)cncc2C=N)cc1. The number of halogens is 1. The summed E-state index contributed by atoms with van der Waals surface area (Å²) in [6, 6.07) is 7.77. The molecule has 4 nitrogen and oxygen atoms in total. The zero-order valence-corrected chi connectivity index (χ0v) is 11.2. The average molecular weight is 276 g/mol. The molecule has 0 atom stereocenters. The van der Waals surface area contributed by atoms with Gasteiger partial charge in [-0.25, -0.2) is 0 Å². The number of ether oxygens (including phenoxy) is 1. The van der Waals surface area contributed by atoms with Crippen molar-refractivity contribution in [2.45, 2.75) is 6.54 Å². The molecule has 2 aromatic rings. The van der Waals surface area contributed by atoms with Gasteiger partial charge in [-0.05, 0) is 17.7 Å². The predicted molar refractivity (Wildman–Crippen MR) is 77.5 cm³/mol. The van der Waals surface area contributed by atoms with Crippen molar-refractivity contribution in [2.24, 2.45) is 0 Å².